The van der Waals surface area contributed by atoms with Crippen molar-refractivity contribution in [1.29, 1.82) is 0 Å². The van der Waals surface area contributed by atoms with Crippen LogP contribution in [0.5, 0.6) is 0 Å². The fourth-order valence-corrected chi connectivity index (χ4v) is 2.38. The summed E-state index contributed by atoms with van der Waals surface area (Å²) in [6.45, 7) is 1.96. The Morgan fingerprint density at radius 2 is 2.05 bits per heavy atom. The highest BCUT2D eigenvalue weighted by Gasteiger charge is 2.18. The summed E-state index contributed by atoms with van der Waals surface area (Å²) in [5.41, 5.74) is 1.51. The highest BCUT2D eigenvalue weighted by atomic mass is 79.9. The molecule has 0 amide bonds. The second-order valence-corrected chi connectivity index (χ2v) is 4.88. The van der Waals surface area contributed by atoms with Crippen molar-refractivity contribution in [2.45, 2.75) is 19.4 Å². The van der Waals surface area contributed by atoms with Gasteiger partial charge in [-0.2, -0.15) is 0 Å². The predicted octanol–water partition coefficient (Wildman–Crippen LogP) is 2.83. The molecule has 0 aliphatic carbocycles. The van der Waals surface area contributed by atoms with Gasteiger partial charge in [-0.05, 0) is 27.9 Å². The van der Waals surface area contributed by atoms with Gasteiger partial charge in [0.25, 0.3) is 5.56 Å². The number of nitrogens with one attached hydrogen (secondary N) is 1. The van der Waals surface area contributed by atoms with Gasteiger partial charge in [0.2, 0.25) is 0 Å². The Hall–Kier alpha value is -1.46. The lowest BCUT2D eigenvalue weighted by molar-refractivity contribution is 0.128. The lowest BCUT2D eigenvalue weighted by Crippen LogP contribution is -2.19. The van der Waals surface area contributed by atoms with Crippen molar-refractivity contribution in [2.24, 2.45) is 0 Å². The maximum absolute atomic E-state index is 11.9. The van der Waals surface area contributed by atoms with E-state index >= 15 is 0 Å². The van der Waals surface area contributed by atoms with Crippen LogP contribution in [0.3, 0.4) is 0 Å². The van der Waals surface area contributed by atoms with Gasteiger partial charge < -0.3 is 9.72 Å². The summed E-state index contributed by atoms with van der Waals surface area (Å²) in [6, 6.07) is 9.69. The van der Waals surface area contributed by atoms with Crippen LogP contribution in [-0.4, -0.2) is 17.1 Å². The normalized spacial score (nSPS) is 12.4. The van der Waals surface area contributed by atoms with Gasteiger partial charge in [-0.15, -0.1) is 0 Å². The quantitative estimate of drug-likeness (QED) is 0.941. The maximum Gasteiger partial charge on any atom is 0.265 e. The Labute approximate surface area is 120 Å². The number of aromatic nitrogens is 2. The molecule has 19 heavy (non-hydrogen) atoms. The largest absolute Gasteiger partial charge is 0.369 e. The van der Waals surface area contributed by atoms with E-state index < -0.39 is 0 Å². The van der Waals surface area contributed by atoms with E-state index in [4.69, 9.17) is 4.74 Å². The van der Waals surface area contributed by atoms with Crippen LogP contribution in [-0.2, 0) is 11.2 Å². The molecule has 5 heteroatoms. The zero-order valence-corrected chi connectivity index (χ0v) is 12.4. The Morgan fingerprint density at radius 3 is 2.63 bits per heavy atom. The lowest BCUT2D eigenvalue weighted by atomic mass is 10.1. The number of H-pyrrole nitrogens is 1. The smallest absolute Gasteiger partial charge is 0.265 e. The van der Waals surface area contributed by atoms with E-state index in [1.54, 1.807) is 7.11 Å². The third-order valence-electron chi connectivity index (χ3n) is 2.87. The molecule has 1 N–H and O–H groups in total. The molecule has 0 spiro atoms. The molecule has 0 aliphatic rings. The first-order valence-electron chi connectivity index (χ1n) is 6.03. The van der Waals surface area contributed by atoms with E-state index in [-0.39, 0.29) is 11.7 Å². The molecule has 1 unspecified atom stereocenters. The molecule has 1 aromatic heterocycles. The van der Waals surface area contributed by atoms with Gasteiger partial charge in [-0.3, -0.25) is 4.79 Å². The van der Waals surface area contributed by atoms with Crippen LogP contribution in [0.15, 0.2) is 39.6 Å². The van der Waals surface area contributed by atoms with E-state index in [9.17, 15) is 4.79 Å². The average molecular weight is 323 g/mol. The molecule has 100 valence electrons. The van der Waals surface area contributed by atoms with Gasteiger partial charge >= 0.3 is 0 Å². The Bertz CT molecular complexity index is 611. The number of hydrogen-bond donors (Lipinski definition) is 1. The van der Waals surface area contributed by atoms with Crippen LogP contribution >= 0.6 is 15.9 Å². The van der Waals surface area contributed by atoms with Crippen LogP contribution < -0.4 is 5.56 Å². The number of nitrogens with zero attached hydrogens (tertiary/aromatic N) is 1. The summed E-state index contributed by atoms with van der Waals surface area (Å²) in [4.78, 5) is 19.1. The minimum Gasteiger partial charge on any atom is -0.369 e. The molecule has 0 saturated heterocycles. The number of hydrogen-bond acceptors (Lipinski definition) is 3. The fraction of sp³-hybridized carbons (Fsp3) is 0.286. The summed E-state index contributed by atoms with van der Waals surface area (Å²) < 4.78 is 5.96. The third kappa shape index (κ3) is 2.93. The Balaban J connectivity index is 2.51. The van der Waals surface area contributed by atoms with Crippen molar-refractivity contribution in [3.05, 3.63) is 62.2 Å². The summed E-state index contributed by atoms with van der Waals surface area (Å²) in [7, 11) is 1.60. The zero-order chi connectivity index (χ0) is 13.8. The number of aromatic amines is 1. The van der Waals surface area contributed by atoms with Crippen molar-refractivity contribution < 1.29 is 4.74 Å². The molecule has 1 atom stereocenters. The fourth-order valence-electron chi connectivity index (χ4n) is 1.92. The highest BCUT2D eigenvalue weighted by molar-refractivity contribution is 9.10. The molecule has 2 rings (SSSR count). The van der Waals surface area contributed by atoms with Crippen LogP contribution in [0.4, 0.5) is 0 Å². The summed E-state index contributed by atoms with van der Waals surface area (Å²) >= 11 is 3.25. The summed E-state index contributed by atoms with van der Waals surface area (Å²) in [5.74, 6) is 0.527. The number of aryl methyl sites for hydroxylation is 1. The monoisotopic (exact) mass is 322 g/mol. The van der Waals surface area contributed by atoms with Crippen LogP contribution in [0.1, 0.15) is 30.1 Å². The van der Waals surface area contributed by atoms with Crippen molar-refractivity contribution in [3.63, 3.8) is 0 Å². The van der Waals surface area contributed by atoms with Gasteiger partial charge in [-0.1, -0.05) is 37.3 Å². The van der Waals surface area contributed by atoms with E-state index in [0.29, 0.717) is 16.7 Å². The zero-order valence-electron chi connectivity index (χ0n) is 10.8. The number of rotatable bonds is 4. The van der Waals surface area contributed by atoms with Gasteiger partial charge in [0.1, 0.15) is 16.4 Å². The minimum atomic E-state index is -0.368. The molecule has 0 bridgehead atoms. The molecule has 0 fully saturated rings. The highest BCUT2D eigenvalue weighted by Crippen LogP contribution is 2.22. The van der Waals surface area contributed by atoms with Gasteiger partial charge in [-0.25, -0.2) is 4.98 Å². The van der Waals surface area contributed by atoms with Crippen molar-refractivity contribution in [2.75, 3.05) is 7.11 Å². The number of methoxy groups -OCH3 is 1. The molecular formula is C14H15BrN2O2. The van der Waals surface area contributed by atoms with Crippen LogP contribution in [0.25, 0.3) is 0 Å². The Morgan fingerprint density at radius 1 is 1.37 bits per heavy atom. The molecule has 1 heterocycles. The number of benzene rings is 1. The van der Waals surface area contributed by atoms with Crippen LogP contribution in [0.2, 0.25) is 0 Å². The Kier molecular flexibility index (Phi) is 4.50. The summed E-state index contributed by atoms with van der Waals surface area (Å²) in [6.07, 6.45) is 0.315. The lowest BCUT2D eigenvalue weighted by Gasteiger charge is -2.16. The van der Waals surface area contributed by atoms with Gasteiger partial charge in [0.05, 0.1) is 5.69 Å². The molecule has 0 saturated carbocycles. The first-order chi connectivity index (χ1) is 9.17. The SMILES string of the molecule is CCc1nc(C(OC)c2ccccc2)[nH]c(=O)c1Br. The molecular weight excluding hydrogens is 308 g/mol. The minimum absolute atomic E-state index is 0.181. The summed E-state index contributed by atoms with van der Waals surface area (Å²) in [5, 5.41) is 0. The van der Waals surface area contributed by atoms with E-state index in [0.717, 1.165) is 11.3 Å². The second-order valence-electron chi connectivity index (χ2n) is 4.09. The topological polar surface area (TPSA) is 55.0 Å². The van der Waals surface area contributed by atoms with E-state index in [1.165, 1.54) is 0 Å². The number of halogens is 1. The van der Waals surface area contributed by atoms with Gasteiger partial charge in [0, 0.05) is 7.11 Å². The van der Waals surface area contributed by atoms with Crippen molar-refractivity contribution in [1.82, 2.24) is 9.97 Å². The molecule has 0 radical (unpaired) electrons. The first kappa shape index (κ1) is 14.0. The molecule has 4 nitrogen and oxygen atoms in total. The second kappa shape index (κ2) is 6.12. The number of ether oxygens (including phenoxy) is 1. The van der Waals surface area contributed by atoms with Crippen molar-refractivity contribution in [3.8, 4) is 0 Å². The van der Waals surface area contributed by atoms with Crippen molar-refractivity contribution >= 4 is 15.9 Å². The molecule has 2 aromatic rings. The van der Waals surface area contributed by atoms with E-state index in [2.05, 4.69) is 25.9 Å². The van der Waals surface area contributed by atoms with Crippen LogP contribution in [0, 0.1) is 0 Å². The standard InChI is InChI=1S/C14H15BrN2O2/c1-3-10-11(15)14(18)17-13(16-10)12(19-2)9-7-5-4-6-8-9/h4-8,12H,3H2,1-2H3,(H,16,17,18). The average Bonchev–Trinajstić information content (AvgIpc) is 2.44. The third-order valence-corrected chi connectivity index (χ3v) is 3.69. The van der Waals surface area contributed by atoms with Gasteiger partial charge in [0.15, 0.2) is 0 Å². The molecule has 0 aliphatic heterocycles. The predicted molar refractivity (Wildman–Crippen MR) is 77.2 cm³/mol. The van der Waals surface area contributed by atoms with E-state index in [1.807, 2.05) is 37.3 Å². The first-order valence-corrected chi connectivity index (χ1v) is 6.83. The molecule has 1 aromatic carbocycles. The maximum atomic E-state index is 11.9.